The first-order valence-electron chi connectivity index (χ1n) is 10.8. The van der Waals surface area contributed by atoms with E-state index >= 15 is 0 Å². The summed E-state index contributed by atoms with van der Waals surface area (Å²) in [6, 6.07) is 21.7. The Morgan fingerprint density at radius 3 is 2.55 bits per heavy atom. The molecule has 0 aliphatic rings. The zero-order valence-electron chi connectivity index (χ0n) is 18.5. The second-order valence-electron chi connectivity index (χ2n) is 8.02. The average molecular weight is 434 g/mol. The summed E-state index contributed by atoms with van der Waals surface area (Å²) >= 11 is 0. The van der Waals surface area contributed by atoms with Crippen molar-refractivity contribution in [1.82, 2.24) is 25.1 Å². The molecule has 0 unspecified atom stereocenters. The molecule has 1 amide bonds. The molecular weight excluding hydrogens is 410 g/mol. The largest absolute Gasteiger partial charge is 0.348 e. The highest BCUT2D eigenvalue weighted by Gasteiger charge is 2.16. The number of aromatic nitrogens is 4. The normalized spacial score (nSPS) is 11.0. The maximum Gasteiger partial charge on any atom is 0.253 e. The van der Waals surface area contributed by atoms with Crippen molar-refractivity contribution in [3.63, 3.8) is 0 Å². The van der Waals surface area contributed by atoms with Crippen molar-refractivity contribution < 1.29 is 4.79 Å². The minimum absolute atomic E-state index is 0.157. The number of para-hydroxylation sites is 1. The lowest BCUT2D eigenvalue weighted by Gasteiger charge is -2.09. The summed E-state index contributed by atoms with van der Waals surface area (Å²) in [6.07, 6.45) is 5.44. The summed E-state index contributed by atoms with van der Waals surface area (Å²) in [4.78, 5) is 21.8. The minimum Gasteiger partial charge on any atom is -0.348 e. The van der Waals surface area contributed by atoms with Gasteiger partial charge < -0.3 is 5.32 Å². The fourth-order valence-corrected chi connectivity index (χ4v) is 3.88. The van der Waals surface area contributed by atoms with Gasteiger partial charge in [0.15, 0.2) is 0 Å². The Morgan fingerprint density at radius 1 is 0.970 bits per heavy atom. The topological polar surface area (TPSA) is 72.7 Å². The summed E-state index contributed by atoms with van der Waals surface area (Å²) in [5.74, 6) is -0.157. The summed E-state index contributed by atoms with van der Waals surface area (Å²) < 4.78 is 1.84. The predicted molar refractivity (Wildman–Crippen MR) is 129 cm³/mol. The van der Waals surface area contributed by atoms with Crippen molar-refractivity contribution in [2.45, 2.75) is 20.4 Å². The molecule has 0 saturated carbocycles. The Hall–Kier alpha value is -4.32. The molecule has 0 atom stereocenters. The number of rotatable bonds is 5. The van der Waals surface area contributed by atoms with Gasteiger partial charge in [0.25, 0.3) is 5.91 Å². The Morgan fingerprint density at radius 2 is 1.76 bits per heavy atom. The van der Waals surface area contributed by atoms with Crippen molar-refractivity contribution in [2.24, 2.45) is 0 Å². The number of fused-ring (bicyclic) bond motifs is 1. The summed E-state index contributed by atoms with van der Waals surface area (Å²) in [7, 11) is 0. The molecule has 162 valence electrons. The van der Waals surface area contributed by atoms with E-state index in [0.29, 0.717) is 17.8 Å². The number of carbonyl (C=O) groups is 1. The highest BCUT2D eigenvalue weighted by Crippen LogP contribution is 2.24. The molecular formula is C27H23N5O. The number of hydrogen-bond acceptors (Lipinski definition) is 4. The van der Waals surface area contributed by atoms with Crippen LogP contribution in [-0.2, 0) is 6.54 Å². The average Bonchev–Trinajstić information content (AvgIpc) is 3.27. The molecule has 0 spiro atoms. The summed E-state index contributed by atoms with van der Waals surface area (Å²) in [5, 5.41) is 8.80. The van der Waals surface area contributed by atoms with Crippen molar-refractivity contribution in [1.29, 1.82) is 0 Å². The number of carbonyl (C=O) groups excluding carboxylic acids is 1. The van der Waals surface area contributed by atoms with E-state index in [1.807, 2.05) is 91.5 Å². The van der Waals surface area contributed by atoms with Crippen LogP contribution in [0.3, 0.4) is 0 Å². The van der Waals surface area contributed by atoms with Crippen LogP contribution in [-0.4, -0.2) is 25.7 Å². The van der Waals surface area contributed by atoms with E-state index in [1.54, 1.807) is 12.4 Å². The van der Waals surface area contributed by atoms with Crippen molar-refractivity contribution in [3.8, 4) is 16.9 Å². The molecule has 6 nitrogen and oxygen atoms in total. The predicted octanol–water partition coefficient (Wildman–Crippen LogP) is 5.03. The van der Waals surface area contributed by atoms with Crippen LogP contribution in [0.25, 0.3) is 27.8 Å². The van der Waals surface area contributed by atoms with E-state index in [0.717, 1.165) is 39.0 Å². The first-order valence-corrected chi connectivity index (χ1v) is 10.8. The number of nitrogens with zero attached hydrogens (tertiary/aromatic N) is 4. The zero-order valence-corrected chi connectivity index (χ0v) is 18.5. The molecule has 0 radical (unpaired) electrons. The third kappa shape index (κ3) is 4.23. The van der Waals surface area contributed by atoms with Gasteiger partial charge in [0.1, 0.15) is 0 Å². The maximum absolute atomic E-state index is 13.1. The minimum atomic E-state index is -0.157. The van der Waals surface area contributed by atoms with Crippen LogP contribution in [0.4, 0.5) is 0 Å². The molecule has 2 aromatic carbocycles. The smallest absolute Gasteiger partial charge is 0.253 e. The van der Waals surface area contributed by atoms with Crippen molar-refractivity contribution >= 4 is 16.8 Å². The first kappa shape index (κ1) is 20.6. The van der Waals surface area contributed by atoms with E-state index in [2.05, 4.69) is 15.3 Å². The Bertz CT molecular complexity index is 1440. The number of nitrogens with one attached hydrogen (secondary N) is 1. The van der Waals surface area contributed by atoms with E-state index in [1.165, 1.54) is 0 Å². The summed E-state index contributed by atoms with van der Waals surface area (Å²) in [5.41, 5.74) is 6.95. The lowest BCUT2D eigenvalue weighted by atomic mass is 10.1. The van der Waals surface area contributed by atoms with Gasteiger partial charge in [-0.25, -0.2) is 4.68 Å². The molecule has 1 N–H and O–H groups in total. The third-order valence-corrected chi connectivity index (χ3v) is 5.61. The Balaban J connectivity index is 1.45. The second-order valence-corrected chi connectivity index (χ2v) is 8.02. The molecule has 0 fully saturated rings. The summed E-state index contributed by atoms with van der Waals surface area (Å²) in [6.45, 7) is 4.24. The Kier molecular flexibility index (Phi) is 5.40. The van der Waals surface area contributed by atoms with Crippen molar-refractivity contribution in [2.75, 3.05) is 0 Å². The van der Waals surface area contributed by atoms with Gasteiger partial charge in [0.2, 0.25) is 0 Å². The van der Waals surface area contributed by atoms with Crippen LogP contribution in [0.1, 0.15) is 27.2 Å². The van der Waals surface area contributed by atoms with Gasteiger partial charge in [0.05, 0.1) is 28.2 Å². The zero-order chi connectivity index (χ0) is 22.8. The molecule has 0 aliphatic heterocycles. The third-order valence-electron chi connectivity index (χ3n) is 5.61. The standard InChI is InChI=1S/C27H23N5O/c1-18-8-9-21-15-24(19(2)30-25(21)14-18)27(33)29-16-22-17-32(23-6-4-3-5-7-23)31-26(22)20-10-12-28-13-11-20/h3-15,17H,16H2,1-2H3,(H,29,33). The number of benzene rings is 2. The molecule has 33 heavy (non-hydrogen) atoms. The number of aryl methyl sites for hydroxylation is 2. The molecule has 6 heteroatoms. The molecule has 3 aromatic heterocycles. The monoisotopic (exact) mass is 433 g/mol. The fourth-order valence-electron chi connectivity index (χ4n) is 3.88. The lowest BCUT2D eigenvalue weighted by molar-refractivity contribution is 0.0950. The number of pyridine rings is 2. The van der Waals surface area contributed by atoms with Crippen LogP contribution in [0, 0.1) is 13.8 Å². The molecule has 3 heterocycles. The number of hydrogen-bond donors (Lipinski definition) is 1. The van der Waals surface area contributed by atoms with E-state index in [4.69, 9.17) is 5.10 Å². The Labute approximate surface area is 192 Å². The highest BCUT2D eigenvalue weighted by molar-refractivity contribution is 5.98. The number of amides is 1. The van der Waals surface area contributed by atoms with Gasteiger partial charge in [-0.2, -0.15) is 5.10 Å². The van der Waals surface area contributed by atoms with Crippen LogP contribution < -0.4 is 5.32 Å². The van der Waals surface area contributed by atoms with Crippen molar-refractivity contribution in [3.05, 3.63) is 108 Å². The van der Waals surface area contributed by atoms with Gasteiger partial charge in [0, 0.05) is 41.6 Å². The fraction of sp³-hybridized carbons (Fsp3) is 0.111. The highest BCUT2D eigenvalue weighted by atomic mass is 16.1. The van der Waals surface area contributed by atoms with Gasteiger partial charge in [-0.3, -0.25) is 14.8 Å². The quantitative estimate of drug-likeness (QED) is 0.422. The van der Waals surface area contributed by atoms with Gasteiger partial charge in [-0.15, -0.1) is 0 Å². The second kappa shape index (κ2) is 8.67. The molecule has 0 saturated heterocycles. The van der Waals surface area contributed by atoms with Crippen LogP contribution >= 0.6 is 0 Å². The lowest BCUT2D eigenvalue weighted by Crippen LogP contribution is -2.24. The van der Waals surface area contributed by atoms with E-state index in [9.17, 15) is 4.79 Å². The van der Waals surface area contributed by atoms with Crippen LogP contribution in [0.5, 0.6) is 0 Å². The van der Waals surface area contributed by atoms with Crippen LogP contribution in [0.15, 0.2) is 85.3 Å². The molecule has 5 aromatic rings. The van der Waals surface area contributed by atoms with Gasteiger partial charge in [-0.05, 0) is 55.8 Å². The molecule has 5 rings (SSSR count). The molecule has 0 aliphatic carbocycles. The van der Waals surface area contributed by atoms with Gasteiger partial charge >= 0.3 is 0 Å². The maximum atomic E-state index is 13.1. The molecule has 0 bridgehead atoms. The van der Waals surface area contributed by atoms with E-state index < -0.39 is 0 Å². The van der Waals surface area contributed by atoms with E-state index in [-0.39, 0.29) is 5.91 Å². The SMILES string of the molecule is Cc1ccc2cc(C(=O)NCc3cn(-c4ccccc4)nc3-c3ccncc3)c(C)nc2c1. The first-order chi connectivity index (χ1) is 16.1. The van der Waals surface area contributed by atoms with Gasteiger partial charge in [-0.1, -0.05) is 30.3 Å². The van der Waals surface area contributed by atoms with Crippen LogP contribution in [0.2, 0.25) is 0 Å².